The summed E-state index contributed by atoms with van der Waals surface area (Å²) in [7, 11) is 0. The van der Waals surface area contributed by atoms with Crippen molar-refractivity contribution in [2.75, 3.05) is 34.8 Å². The molecule has 0 spiro atoms. The number of benzene rings is 2. The summed E-state index contributed by atoms with van der Waals surface area (Å²) in [6.45, 7) is 3.43. The minimum absolute atomic E-state index is 0.113. The maximum absolute atomic E-state index is 12.5. The molecule has 1 aliphatic heterocycles. The number of piperidine rings is 1. The number of nitriles is 1. The Bertz CT molecular complexity index is 880. The molecule has 1 aliphatic rings. The molecule has 2 aromatic rings. The third-order valence-electron chi connectivity index (χ3n) is 4.84. The zero-order valence-corrected chi connectivity index (χ0v) is 16.0. The van der Waals surface area contributed by atoms with Gasteiger partial charge < -0.3 is 15.1 Å². The van der Waals surface area contributed by atoms with Gasteiger partial charge in [0.15, 0.2) is 0 Å². The van der Waals surface area contributed by atoms with Crippen LogP contribution in [0.1, 0.15) is 31.7 Å². The number of hydrogen-bond donors (Lipinski definition) is 1. The van der Waals surface area contributed by atoms with E-state index in [1.165, 1.54) is 31.1 Å². The van der Waals surface area contributed by atoms with Crippen LogP contribution in [0.4, 0.5) is 17.1 Å². The molecule has 0 atom stereocenters. The summed E-state index contributed by atoms with van der Waals surface area (Å²) in [5, 5.41) is 11.9. The summed E-state index contributed by atoms with van der Waals surface area (Å²) in [6.07, 6.45) is 3.72. The first-order chi connectivity index (χ1) is 13.6. The second kappa shape index (κ2) is 9.05. The molecule has 0 saturated carbocycles. The fraction of sp³-hybridized carbons (Fsp3) is 0.318. The van der Waals surface area contributed by atoms with E-state index in [0.29, 0.717) is 16.9 Å². The zero-order chi connectivity index (χ0) is 19.9. The van der Waals surface area contributed by atoms with Gasteiger partial charge in [0, 0.05) is 37.1 Å². The van der Waals surface area contributed by atoms with Crippen LogP contribution in [-0.2, 0) is 9.59 Å². The van der Waals surface area contributed by atoms with Crippen molar-refractivity contribution in [3.8, 4) is 6.07 Å². The van der Waals surface area contributed by atoms with Crippen molar-refractivity contribution in [1.82, 2.24) is 0 Å². The molecule has 28 heavy (non-hydrogen) atoms. The van der Waals surface area contributed by atoms with Gasteiger partial charge in [0.05, 0.1) is 11.6 Å². The summed E-state index contributed by atoms with van der Waals surface area (Å²) < 4.78 is 0. The molecular formula is C22H24N4O2. The molecular weight excluding hydrogens is 352 g/mol. The Balaban J connectivity index is 1.64. The first-order valence-corrected chi connectivity index (χ1v) is 9.50. The molecule has 6 heteroatoms. The number of anilines is 3. The van der Waals surface area contributed by atoms with Crippen molar-refractivity contribution in [2.24, 2.45) is 0 Å². The van der Waals surface area contributed by atoms with Gasteiger partial charge in [-0.1, -0.05) is 6.07 Å². The molecule has 6 nitrogen and oxygen atoms in total. The molecule has 0 aliphatic carbocycles. The van der Waals surface area contributed by atoms with E-state index in [9.17, 15) is 9.59 Å². The average molecular weight is 376 g/mol. The summed E-state index contributed by atoms with van der Waals surface area (Å²) in [5.41, 5.74) is 2.83. The number of carbonyl (C=O) groups excluding carboxylic acids is 2. The molecule has 1 N–H and O–H groups in total. The normalized spacial score (nSPS) is 13.5. The van der Waals surface area contributed by atoms with E-state index in [1.54, 1.807) is 24.3 Å². The maximum atomic E-state index is 12.5. The van der Waals surface area contributed by atoms with Crippen molar-refractivity contribution in [3.05, 3.63) is 54.1 Å². The molecule has 3 rings (SSSR count). The molecule has 144 valence electrons. The number of nitrogens with zero attached hydrogens (tertiary/aromatic N) is 3. The number of carbonyl (C=O) groups is 2. The third kappa shape index (κ3) is 4.89. The lowest BCUT2D eigenvalue weighted by Gasteiger charge is -2.28. The molecule has 0 radical (unpaired) electrons. The first kappa shape index (κ1) is 19.4. The van der Waals surface area contributed by atoms with Gasteiger partial charge in [0.2, 0.25) is 11.8 Å². The number of amides is 2. The van der Waals surface area contributed by atoms with E-state index in [2.05, 4.69) is 10.2 Å². The van der Waals surface area contributed by atoms with Crippen LogP contribution >= 0.6 is 0 Å². The zero-order valence-electron chi connectivity index (χ0n) is 16.0. The van der Waals surface area contributed by atoms with Crippen LogP contribution in [0, 0.1) is 11.3 Å². The van der Waals surface area contributed by atoms with E-state index < -0.39 is 0 Å². The van der Waals surface area contributed by atoms with Crippen LogP contribution in [0.25, 0.3) is 0 Å². The van der Waals surface area contributed by atoms with E-state index in [4.69, 9.17) is 5.26 Å². The summed E-state index contributed by atoms with van der Waals surface area (Å²) in [4.78, 5) is 28.2. The molecule has 0 unspecified atom stereocenters. The van der Waals surface area contributed by atoms with Crippen LogP contribution in [-0.4, -0.2) is 31.4 Å². The van der Waals surface area contributed by atoms with Gasteiger partial charge in [-0.05, 0) is 61.7 Å². The smallest absolute Gasteiger partial charge is 0.244 e. The highest BCUT2D eigenvalue weighted by Gasteiger charge is 2.17. The largest absolute Gasteiger partial charge is 0.372 e. The third-order valence-corrected chi connectivity index (χ3v) is 4.84. The van der Waals surface area contributed by atoms with Crippen LogP contribution in [0.15, 0.2) is 48.5 Å². The monoisotopic (exact) mass is 376 g/mol. The lowest BCUT2D eigenvalue weighted by Crippen LogP contribution is -2.36. The van der Waals surface area contributed by atoms with Gasteiger partial charge in [-0.2, -0.15) is 5.26 Å². The Kier molecular flexibility index (Phi) is 6.28. The number of rotatable bonds is 5. The van der Waals surface area contributed by atoms with Crippen molar-refractivity contribution < 1.29 is 9.59 Å². The van der Waals surface area contributed by atoms with Crippen molar-refractivity contribution in [1.29, 1.82) is 5.26 Å². The summed E-state index contributed by atoms with van der Waals surface area (Å²) >= 11 is 0. The Labute approximate surface area is 165 Å². The lowest BCUT2D eigenvalue weighted by molar-refractivity contribution is -0.120. The topological polar surface area (TPSA) is 76.4 Å². The van der Waals surface area contributed by atoms with Crippen molar-refractivity contribution in [2.45, 2.75) is 26.2 Å². The average Bonchev–Trinajstić information content (AvgIpc) is 2.73. The Morgan fingerprint density at radius 1 is 1.11 bits per heavy atom. The molecule has 0 bridgehead atoms. The van der Waals surface area contributed by atoms with Gasteiger partial charge in [0.1, 0.15) is 6.54 Å². The lowest BCUT2D eigenvalue weighted by atomic mass is 10.1. The predicted octanol–water partition coefficient (Wildman–Crippen LogP) is 3.54. The second-order valence-electron chi connectivity index (χ2n) is 6.91. The van der Waals surface area contributed by atoms with Crippen LogP contribution in [0.3, 0.4) is 0 Å². The predicted molar refractivity (Wildman–Crippen MR) is 110 cm³/mol. The van der Waals surface area contributed by atoms with Gasteiger partial charge in [-0.15, -0.1) is 0 Å². The Morgan fingerprint density at radius 2 is 1.82 bits per heavy atom. The first-order valence-electron chi connectivity index (χ1n) is 9.50. The van der Waals surface area contributed by atoms with Crippen molar-refractivity contribution >= 4 is 28.9 Å². The van der Waals surface area contributed by atoms with Crippen LogP contribution in [0.5, 0.6) is 0 Å². The summed E-state index contributed by atoms with van der Waals surface area (Å²) in [5.74, 6) is -0.547. The van der Waals surface area contributed by atoms with Gasteiger partial charge >= 0.3 is 0 Å². The highest BCUT2D eigenvalue weighted by Crippen LogP contribution is 2.22. The molecule has 0 aromatic heterocycles. The standard InChI is InChI=1S/C22H24N4O2/c1-17(27)26(21-7-5-6-18(14-21)15-23)16-22(28)24-19-8-10-20(11-9-19)25-12-3-2-4-13-25/h5-11,14H,2-4,12-13,16H2,1H3,(H,24,28). The van der Waals surface area contributed by atoms with E-state index in [-0.39, 0.29) is 18.4 Å². The molecule has 1 saturated heterocycles. The van der Waals surface area contributed by atoms with Crippen molar-refractivity contribution in [3.63, 3.8) is 0 Å². The quantitative estimate of drug-likeness (QED) is 0.866. The van der Waals surface area contributed by atoms with Crippen LogP contribution in [0.2, 0.25) is 0 Å². The van der Waals surface area contributed by atoms with Gasteiger partial charge in [0.25, 0.3) is 0 Å². The Hall–Kier alpha value is -3.33. The second-order valence-corrected chi connectivity index (χ2v) is 6.91. The minimum atomic E-state index is -0.289. The van der Waals surface area contributed by atoms with Gasteiger partial charge in [-0.25, -0.2) is 0 Å². The summed E-state index contributed by atoms with van der Waals surface area (Å²) in [6, 6.07) is 16.5. The molecule has 2 aromatic carbocycles. The van der Waals surface area contributed by atoms with Gasteiger partial charge in [-0.3, -0.25) is 9.59 Å². The minimum Gasteiger partial charge on any atom is -0.372 e. The fourth-order valence-electron chi connectivity index (χ4n) is 3.38. The number of nitrogens with one attached hydrogen (secondary N) is 1. The Morgan fingerprint density at radius 3 is 2.46 bits per heavy atom. The molecule has 1 heterocycles. The van der Waals surface area contributed by atoms with Crippen LogP contribution < -0.4 is 15.1 Å². The SMILES string of the molecule is CC(=O)N(CC(=O)Nc1ccc(N2CCCCC2)cc1)c1cccc(C#N)c1. The fourth-order valence-corrected chi connectivity index (χ4v) is 3.38. The highest BCUT2D eigenvalue weighted by molar-refractivity contribution is 6.01. The molecule has 1 fully saturated rings. The highest BCUT2D eigenvalue weighted by atomic mass is 16.2. The number of hydrogen-bond acceptors (Lipinski definition) is 4. The van der Waals surface area contributed by atoms with E-state index in [1.807, 2.05) is 30.3 Å². The van der Waals surface area contributed by atoms with E-state index >= 15 is 0 Å². The molecule has 2 amide bonds. The van der Waals surface area contributed by atoms with E-state index in [0.717, 1.165) is 18.8 Å². The maximum Gasteiger partial charge on any atom is 0.244 e.